The van der Waals surface area contributed by atoms with Gasteiger partial charge in [0.15, 0.2) is 0 Å². The number of nitro benzene ring substituents is 1. The molecule has 0 aromatic heterocycles. The van der Waals surface area contributed by atoms with Crippen molar-refractivity contribution in [1.29, 1.82) is 5.26 Å². The number of rotatable bonds is 3. The summed E-state index contributed by atoms with van der Waals surface area (Å²) in [6, 6.07) is 5.83. The molecule has 0 heterocycles. The molecule has 6 heteroatoms. The highest BCUT2D eigenvalue weighted by Gasteiger charge is 2.26. The highest BCUT2D eigenvalue weighted by molar-refractivity contribution is 5.98. The smallest absolute Gasteiger partial charge is 0.285 e. The summed E-state index contributed by atoms with van der Waals surface area (Å²) in [6.07, 6.45) is 0. The number of nitriles is 1. The van der Waals surface area contributed by atoms with Gasteiger partial charge in [-0.2, -0.15) is 5.26 Å². The molecule has 1 rings (SSSR count). The molecule has 0 aliphatic carbocycles. The number of aryl methyl sites for hydroxylation is 1. The van der Waals surface area contributed by atoms with E-state index >= 15 is 0 Å². The second-order valence-electron chi connectivity index (χ2n) is 3.95. The number of amides is 1. The summed E-state index contributed by atoms with van der Waals surface area (Å²) in [6.45, 7) is 3.13. The molecule has 0 radical (unpaired) electrons. The molecule has 1 unspecified atom stereocenters. The van der Waals surface area contributed by atoms with E-state index in [1.54, 1.807) is 26.0 Å². The molecule has 1 atom stereocenters. The highest BCUT2D eigenvalue weighted by atomic mass is 16.6. The SMILES string of the molecule is Cc1cccc(C(=O)N(C)C(C)C#N)c1[N+](=O)[O-]. The van der Waals surface area contributed by atoms with Gasteiger partial charge in [-0.3, -0.25) is 14.9 Å². The third-order valence-corrected chi connectivity index (χ3v) is 2.74. The number of hydrogen-bond donors (Lipinski definition) is 0. The van der Waals surface area contributed by atoms with Crippen molar-refractivity contribution in [3.8, 4) is 6.07 Å². The summed E-state index contributed by atoms with van der Waals surface area (Å²) >= 11 is 0. The lowest BCUT2D eigenvalue weighted by Gasteiger charge is -2.19. The molecule has 0 spiro atoms. The van der Waals surface area contributed by atoms with Gasteiger partial charge in [0.05, 0.1) is 11.0 Å². The lowest BCUT2D eigenvalue weighted by atomic mass is 10.1. The Hall–Kier alpha value is -2.42. The quantitative estimate of drug-likeness (QED) is 0.602. The van der Waals surface area contributed by atoms with Crippen molar-refractivity contribution in [2.24, 2.45) is 0 Å². The Morgan fingerprint density at radius 3 is 2.67 bits per heavy atom. The molecule has 94 valence electrons. The molecule has 6 nitrogen and oxygen atoms in total. The summed E-state index contributed by atoms with van der Waals surface area (Å²) in [5.74, 6) is -0.528. The molecular weight excluding hydrogens is 234 g/mol. The Morgan fingerprint density at radius 2 is 2.17 bits per heavy atom. The van der Waals surface area contributed by atoms with Gasteiger partial charge in [-0.15, -0.1) is 0 Å². The zero-order valence-corrected chi connectivity index (χ0v) is 10.4. The van der Waals surface area contributed by atoms with E-state index in [9.17, 15) is 14.9 Å². The normalized spacial score (nSPS) is 11.4. The molecule has 0 aliphatic heterocycles. The molecule has 0 aliphatic rings. The summed E-state index contributed by atoms with van der Waals surface area (Å²) < 4.78 is 0. The van der Waals surface area contributed by atoms with Gasteiger partial charge in [-0.05, 0) is 19.9 Å². The summed E-state index contributed by atoms with van der Waals surface area (Å²) in [4.78, 5) is 23.7. The molecule has 0 fully saturated rings. The molecule has 1 aromatic carbocycles. The minimum absolute atomic E-state index is 0.00426. The van der Waals surface area contributed by atoms with E-state index in [0.717, 1.165) is 0 Å². The van der Waals surface area contributed by atoms with Gasteiger partial charge < -0.3 is 4.90 Å². The van der Waals surface area contributed by atoms with E-state index in [-0.39, 0.29) is 11.3 Å². The molecule has 0 N–H and O–H groups in total. The van der Waals surface area contributed by atoms with Crippen molar-refractivity contribution < 1.29 is 9.72 Å². The fraction of sp³-hybridized carbons (Fsp3) is 0.333. The van der Waals surface area contributed by atoms with E-state index in [1.807, 2.05) is 6.07 Å². The van der Waals surface area contributed by atoms with Crippen molar-refractivity contribution >= 4 is 11.6 Å². The lowest BCUT2D eigenvalue weighted by Crippen LogP contribution is -2.34. The van der Waals surface area contributed by atoms with Gasteiger partial charge in [0, 0.05) is 12.6 Å². The maximum absolute atomic E-state index is 12.1. The largest absolute Gasteiger partial charge is 0.326 e. The van der Waals surface area contributed by atoms with E-state index in [0.29, 0.717) is 5.56 Å². The van der Waals surface area contributed by atoms with Crippen LogP contribution in [0, 0.1) is 28.4 Å². The summed E-state index contributed by atoms with van der Waals surface area (Å²) in [7, 11) is 1.45. The minimum atomic E-state index is -0.641. The molecular formula is C12H13N3O3. The van der Waals surface area contributed by atoms with Crippen LogP contribution < -0.4 is 0 Å². The van der Waals surface area contributed by atoms with Gasteiger partial charge in [0.25, 0.3) is 11.6 Å². The topological polar surface area (TPSA) is 87.2 Å². The third kappa shape index (κ3) is 2.46. The second kappa shape index (κ2) is 5.27. The third-order valence-electron chi connectivity index (χ3n) is 2.74. The Balaban J connectivity index is 3.27. The van der Waals surface area contributed by atoms with Crippen molar-refractivity contribution in [1.82, 2.24) is 4.90 Å². The van der Waals surface area contributed by atoms with Crippen LogP contribution in [0.3, 0.4) is 0 Å². The molecule has 1 amide bonds. The van der Waals surface area contributed by atoms with Gasteiger partial charge in [0.2, 0.25) is 0 Å². The monoisotopic (exact) mass is 247 g/mol. The number of benzene rings is 1. The molecule has 0 bridgehead atoms. The maximum atomic E-state index is 12.1. The molecule has 0 saturated heterocycles. The average molecular weight is 247 g/mol. The van der Waals surface area contributed by atoms with Crippen LogP contribution in [0.5, 0.6) is 0 Å². The van der Waals surface area contributed by atoms with Crippen LogP contribution in [0.4, 0.5) is 5.69 Å². The van der Waals surface area contributed by atoms with Crippen molar-refractivity contribution in [2.45, 2.75) is 19.9 Å². The molecule has 1 aromatic rings. The van der Waals surface area contributed by atoms with Crippen LogP contribution in [-0.2, 0) is 0 Å². The lowest BCUT2D eigenvalue weighted by molar-refractivity contribution is -0.385. The van der Waals surface area contributed by atoms with Gasteiger partial charge in [-0.25, -0.2) is 0 Å². The van der Waals surface area contributed by atoms with Gasteiger partial charge in [-0.1, -0.05) is 12.1 Å². The van der Waals surface area contributed by atoms with E-state index < -0.39 is 16.9 Å². The average Bonchev–Trinajstić information content (AvgIpc) is 2.35. The number of carbonyl (C=O) groups is 1. The van der Waals surface area contributed by atoms with Crippen LogP contribution in [0.15, 0.2) is 18.2 Å². The maximum Gasteiger partial charge on any atom is 0.285 e. The zero-order valence-electron chi connectivity index (χ0n) is 10.4. The summed E-state index contributed by atoms with van der Waals surface area (Å²) in [5.41, 5.74) is 0.216. The summed E-state index contributed by atoms with van der Waals surface area (Å²) in [5, 5.41) is 19.7. The Labute approximate surface area is 105 Å². The first kappa shape index (κ1) is 13.6. The van der Waals surface area contributed by atoms with Crippen LogP contribution in [0.2, 0.25) is 0 Å². The number of nitrogens with zero attached hydrogens (tertiary/aromatic N) is 3. The Morgan fingerprint density at radius 1 is 1.56 bits per heavy atom. The fourth-order valence-corrected chi connectivity index (χ4v) is 1.53. The second-order valence-corrected chi connectivity index (χ2v) is 3.95. The standard InChI is InChI=1S/C12H13N3O3/c1-8-5-4-6-10(11(8)15(17)18)12(16)14(3)9(2)7-13/h4-6,9H,1-3H3. The Kier molecular flexibility index (Phi) is 4.00. The first-order chi connectivity index (χ1) is 8.40. The number of carbonyl (C=O) groups excluding carboxylic acids is 1. The van der Waals surface area contributed by atoms with Gasteiger partial charge >= 0.3 is 0 Å². The fourth-order valence-electron chi connectivity index (χ4n) is 1.53. The Bertz CT molecular complexity index is 534. The van der Waals surface area contributed by atoms with Crippen LogP contribution in [-0.4, -0.2) is 28.8 Å². The van der Waals surface area contributed by atoms with Crippen LogP contribution >= 0.6 is 0 Å². The van der Waals surface area contributed by atoms with Crippen LogP contribution in [0.25, 0.3) is 0 Å². The van der Waals surface area contributed by atoms with Crippen LogP contribution in [0.1, 0.15) is 22.8 Å². The van der Waals surface area contributed by atoms with Crippen molar-refractivity contribution in [3.05, 3.63) is 39.4 Å². The van der Waals surface area contributed by atoms with Gasteiger partial charge in [0.1, 0.15) is 11.6 Å². The molecule has 18 heavy (non-hydrogen) atoms. The predicted octanol–water partition coefficient (Wildman–Crippen LogP) is 1.89. The van der Waals surface area contributed by atoms with Crippen molar-refractivity contribution in [2.75, 3.05) is 7.05 Å². The number of para-hydroxylation sites is 1. The first-order valence-corrected chi connectivity index (χ1v) is 5.31. The highest BCUT2D eigenvalue weighted by Crippen LogP contribution is 2.24. The zero-order chi connectivity index (χ0) is 13.9. The molecule has 0 saturated carbocycles. The number of hydrogen-bond acceptors (Lipinski definition) is 4. The minimum Gasteiger partial charge on any atom is -0.326 e. The van der Waals surface area contributed by atoms with E-state index in [2.05, 4.69) is 0 Å². The number of nitro groups is 1. The predicted molar refractivity (Wildman–Crippen MR) is 65.0 cm³/mol. The van der Waals surface area contributed by atoms with Crippen molar-refractivity contribution in [3.63, 3.8) is 0 Å². The first-order valence-electron chi connectivity index (χ1n) is 5.31. The van der Waals surface area contributed by atoms with E-state index in [1.165, 1.54) is 18.0 Å². The van der Waals surface area contributed by atoms with E-state index in [4.69, 9.17) is 5.26 Å².